The quantitative estimate of drug-likeness (QED) is 0.595. The molecule has 0 radical (unpaired) electrons. The number of aliphatic hydroxyl groups excluding tert-OH is 1. The minimum absolute atomic E-state index is 0.0321. The van der Waals surface area contributed by atoms with Gasteiger partial charge in [-0.25, -0.2) is 4.39 Å². The summed E-state index contributed by atoms with van der Waals surface area (Å²) in [6, 6.07) is 0. The maximum atomic E-state index is 16.7. The molecule has 4 rings (SSSR count). The minimum Gasteiger partial charge on any atom is -0.389 e. The highest BCUT2D eigenvalue weighted by Gasteiger charge is 2.68. The summed E-state index contributed by atoms with van der Waals surface area (Å²) in [6.45, 7) is 7.42. The molecule has 0 aromatic rings. The molecule has 0 bridgehead atoms. The smallest absolute Gasteiger partial charge is 0.221 e. The van der Waals surface area contributed by atoms with E-state index >= 15 is 4.39 Å². The number of Topliss-reactive ketones (excluding diaryl/α,β-unsaturated/α-hetero) is 2. The number of halogens is 1. The molecule has 0 heterocycles. The van der Waals surface area contributed by atoms with Crippen molar-refractivity contribution in [1.29, 1.82) is 0 Å². The van der Waals surface area contributed by atoms with E-state index in [1.165, 1.54) is 6.08 Å². The van der Waals surface area contributed by atoms with Crippen LogP contribution in [0.5, 0.6) is 0 Å². The fourth-order valence-corrected chi connectivity index (χ4v) is 7.00. The maximum absolute atomic E-state index is 16.7. The fourth-order valence-electron chi connectivity index (χ4n) is 7.00. The van der Waals surface area contributed by atoms with E-state index in [1.54, 1.807) is 6.92 Å². The number of alkyl halides is 1. The largest absolute Gasteiger partial charge is 0.389 e. The summed E-state index contributed by atoms with van der Waals surface area (Å²) in [7, 11) is 0. The van der Waals surface area contributed by atoms with Gasteiger partial charge in [0.25, 0.3) is 0 Å². The maximum Gasteiger partial charge on any atom is 0.221 e. The van der Waals surface area contributed by atoms with E-state index in [-0.39, 0.29) is 30.5 Å². The molecule has 0 saturated heterocycles. The third-order valence-corrected chi connectivity index (χ3v) is 8.42. The number of carbonyl (C=O) groups is 3. The molecule has 27 heavy (non-hydrogen) atoms. The van der Waals surface area contributed by atoms with Crippen molar-refractivity contribution >= 4 is 17.3 Å². The first-order chi connectivity index (χ1) is 12.6. The lowest BCUT2D eigenvalue weighted by Crippen LogP contribution is -2.61. The van der Waals surface area contributed by atoms with Crippen molar-refractivity contribution in [1.82, 2.24) is 0 Å². The van der Waals surface area contributed by atoms with Gasteiger partial charge in [-0.05, 0) is 55.4 Å². The molecule has 0 unspecified atom stereocenters. The molecule has 146 valence electrons. The van der Waals surface area contributed by atoms with Gasteiger partial charge in [-0.3, -0.25) is 14.4 Å². The van der Waals surface area contributed by atoms with Crippen LogP contribution in [-0.4, -0.2) is 34.7 Å². The van der Waals surface area contributed by atoms with Crippen LogP contribution in [-0.2, 0) is 14.4 Å². The predicted octanol–water partition coefficient (Wildman–Crippen LogP) is 3.13. The summed E-state index contributed by atoms with van der Waals surface area (Å²) >= 11 is 0. The lowest BCUT2D eigenvalue weighted by molar-refractivity contribution is -0.158. The van der Waals surface area contributed by atoms with E-state index in [0.29, 0.717) is 25.7 Å². The molecular weight excluding hydrogens is 347 g/mol. The average molecular weight is 374 g/mol. The Morgan fingerprint density at radius 3 is 2.67 bits per heavy atom. The van der Waals surface area contributed by atoms with Crippen LogP contribution >= 0.6 is 0 Å². The topological polar surface area (TPSA) is 71.4 Å². The first-order valence-electron chi connectivity index (χ1n) is 9.87. The van der Waals surface area contributed by atoms with Crippen molar-refractivity contribution in [2.24, 2.45) is 28.6 Å². The van der Waals surface area contributed by atoms with E-state index in [2.05, 4.69) is 6.58 Å². The Balaban J connectivity index is 1.76. The predicted molar refractivity (Wildman–Crippen MR) is 97.6 cm³/mol. The van der Waals surface area contributed by atoms with Crippen LogP contribution in [0, 0.1) is 28.6 Å². The highest BCUT2D eigenvalue weighted by molar-refractivity contribution is 6.42. The van der Waals surface area contributed by atoms with Crippen molar-refractivity contribution in [3.05, 3.63) is 23.8 Å². The van der Waals surface area contributed by atoms with Gasteiger partial charge >= 0.3 is 0 Å². The molecule has 1 N–H and O–H groups in total. The van der Waals surface area contributed by atoms with Gasteiger partial charge in [-0.15, -0.1) is 0 Å². The van der Waals surface area contributed by atoms with Crippen molar-refractivity contribution in [2.75, 3.05) is 6.61 Å². The van der Waals surface area contributed by atoms with Crippen molar-refractivity contribution in [3.8, 4) is 0 Å². The van der Waals surface area contributed by atoms with Crippen LogP contribution in [0.3, 0.4) is 0 Å². The summed E-state index contributed by atoms with van der Waals surface area (Å²) < 4.78 is 16.7. The Kier molecular flexibility index (Phi) is 3.95. The number of hydrogen-bond donors (Lipinski definition) is 1. The molecule has 4 aliphatic carbocycles. The Morgan fingerprint density at radius 2 is 2.00 bits per heavy atom. The van der Waals surface area contributed by atoms with Crippen LogP contribution < -0.4 is 0 Å². The van der Waals surface area contributed by atoms with Gasteiger partial charge in [-0.2, -0.15) is 0 Å². The van der Waals surface area contributed by atoms with Gasteiger partial charge in [-0.1, -0.05) is 31.6 Å². The highest BCUT2D eigenvalue weighted by Crippen LogP contribution is 2.70. The van der Waals surface area contributed by atoms with E-state index in [4.69, 9.17) is 0 Å². The molecular formula is C22H27FO4. The van der Waals surface area contributed by atoms with Crippen molar-refractivity contribution < 1.29 is 23.9 Å². The first kappa shape index (κ1) is 18.7. The second-order valence-electron chi connectivity index (χ2n) is 9.51. The second-order valence-corrected chi connectivity index (χ2v) is 9.51. The number of fused-ring (bicyclic) bond motifs is 5. The monoisotopic (exact) mass is 374 g/mol. The molecule has 0 aromatic carbocycles. The van der Waals surface area contributed by atoms with Gasteiger partial charge in [0.2, 0.25) is 11.6 Å². The fraction of sp³-hybridized carbons (Fsp3) is 0.682. The molecule has 3 fully saturated rings. The minimum atomic E-state index is -1.56. The van der Waals surface area contributed by atoms with Crippen molar-refractivity contribution in [2.45, 2.75) is 58.0 Å². The average Bonchev–Trinajstić information content (AvgIpc) is 2.87. The lowest BCUT2D eigenvalue weighted by atomic mass is 9.45. The Labute approximate surface area is 158 Å². The zero-order valence-corrected chi connectivity index (χ0v) is 16.0. The molecule has 3 saturated carbocycles. The molecule has 4 nitrogen and oxygen atoms in total. The van der Waals surface area contributed by atoms with E-state index < -0.39 is 40.6 Å². The highest BCUT2D eigenvalue weighted by atomic mass is 19.1. The van der Waals surface area contributed by atoms with Gasteiger partial charge in [0.05, 0.1) is 0 Å². The zero-order valence-electron chi connectivity index (χ0n) is 16.0. The van der Waals surface area contributed by atoms with Crippen LogP contribution in [0.2, 0.25) is 0 Å². The Hall–Kier alpha value is -1.62. The molecule has 0 aliphatic heterocycles. The zero-order chi connectivity index (χ0) is 19.8. The van der Waals surface area contributed by atoms with Crippen LogP contribution in [0.1, 0.15) is 52.4 Å². The van der Waals surface area contributed by atoms with Crippen LogP contribution in [0.4, 0.5) is 4.39 Å². The Bertz CT molecular complexity index is 798. The van der Waals surface area contributed by atoms with Crippen LogP contribution in [0.25, 0.3) is 0 Å². The number of allylic oxidation sites excluding steroid dienone is 2. The molecule has 5 heteroatoms. The van der Waals surface area contributed by atoms with Gasteiger partial charge in [0.1, 0.15) is 12.3 Å². The summed E-state index contributed by atoms with van der Waals surface area (Å²) in [4.78, 5) is 36.4. The molecule has 4 aliphatic rings. The van der Waals surface area contributed by atoms with Crippen molar-refractivity contribution in [3.63, 3.8) is 0 Å². The summed E-state index contributed by atoms with van der Waals surface area (Å²) in [5.41, 5.74) is -1.33. The van der Waals surface area contributed by atoms with E-state index in [0.717, 1.165) is 11.1 Å². The summed E-state index contributed by atoms with van der Waals surface area (Å²) in [5, 5.41) is 9.41. The third kappa shape index (κ3) is 2.21. The molecule has 6 atom stereocenters. The number of rotatable bonds is 2. The van der Waals surface area contributed by atoms with E-state index in [1.807, 2.05) is 6.92 Å². The SMILES string of the molecule is C=C1C[C@H]2[C@@H]3CCC4=CC(=O)C(=O)C[C@]4(C)[C@@]3(F)CC[C@]2(C)[C@H]1C(=O)CO. The van der Waals surface area contributed by atoms with Gasteiger partial charge in [0.15, 0.2) is 5.78 Å². The standard InChI is InChI=1S/C22H27FO4/c1-12-8-15-14-5-4-13-9-16(25)17(26)10-21(13,3)22(14,23)7-6-20(15,2)19(12)18(27)11-24/h9,14-15,19,24H,1,4-8,10-11H2,2-3H3/t14-,15-,19+,20-,21-,22+/m0/s1. The van der Waals surface area contributed by atoms with Gasteiger partial charge in [0, 0.05) is 17.8 Å². The summed E-state index contributed by atoms with van der Waals surface area (Å²) in [6.07, 6.45) is 3.92. The normalized spacial score (nSPS) is 46.4. The third-order valence-electron chi connectivity index (χ3n) is 8.42. The molecule has 0 spiro atoms. The number of hydrogen-bond acceptors (Lipinski definition) is 4. The number of aliphatic hydroxyl groups is 1. The second kappa shape index (κ2) is 5.69. The van der Waals surface area contributed by atoms with Crippen LogP contribution in [0.15, 0.2) is 23.8 Å². The molecule has 0 aromatic heterocycles. The Morgan fingerprint density at radius 1 is 1.30 bits per heavy atom. The molecule has 0 amide bonds. The number of ketones is 3. The lowest BCUT2D eigenvalue weighted by Gasteiger charge is -2.60. The first-order valence-corrected chi connectivity index (χ1v) is 9.87. The van der Waals surface area contributed by atoms with Gasteiger partial charge < -0.3 is 5.11 Å². The number of carbonyl (C=O) groups excluding carboxylic acids is 3. The van der Waals surface area contributed by atoms with E-state index in [9.17, 15) is 19.5 Å². The summed E-state index contributed by atoms with van der Waals surface area (Å²) in [5.74, 6) is -1.96.